The number of ether oxygens (including phenoxy) is 1. The molecule has 0 saturated heterocycles. The summed E-state index contributed by atoms with van der Waals surface area (Å²) in [5.41, 5.74) is 2.75. The van der Waals surface area contributed by atoms with Crippen molar-refractivity contribution in [2.75, 3.05) is 18.6 Å². The average molecular weight is 367 g/mol. The number of carbonyl (C=O) groups is 1. The summed E-state index contributed by atoms with van der Waals surface area (Å²) >= 11 is 1.43. The summed E-state index contributed by atoms with van der Waals surface area (Å²) in [4.78, 5) is 14.7. The van der Waals surface area contributed by atoms with Crippen LogP contribution in [-0.4, -0.2) is 29.8 Å². The van der Waals surface area contributed by atoms with Crippen LogP contribution in [0.3, 0.4) is 0 Å². The van der Waals surface area contributed by atoms with Gasteiger partial charge in [-0.3, -0.25) is 9.69 Å². The van der Waals surface area contributed by atoms with E-state index in [9.17, 15) is 4.79 Å². The third kappa shape index (κ3) is 3.75. The maximum Gasteiger partial charge on any atom is 0.260 e. The number of anilines is 1. The van der Waals surface area contributed by atoms with Gasteiger partial charge in [-0.05, 0) is 37.1 Å². The zero-order valence-electron chi connectivity index (χ0n) is 15.1. The van der Waals surface area contributed by atoms with Gasteiger partial charge in [0.25, 0.3) is 5.91 Å². The van der Waals surface area contributed by atoms with Crippen LogP contribution in [0.2, 0.25) is 0 Å². The number of methoxy groups -OCH3 is 1. The minimum Gasteiger partial charge on any atom is -0.497 e. The van der Waals surface area contributed by atoms with Crippen molar-refractivity contribution in [3.05, 3.63) is 59.7 Å². The lowest BCUT2D eigenvalue weighted by molar-refractivity contribution is 0.0986. The Labute approximate surface area is 157 Å². The Kier molecular flexibility index (Phi) is 5.63. The third-order valence-electron chi connectivity index (χ3n) is 4.03. The van der Waals surface area contributed by atoms with E-state index in [0.717, 1.165) is 22.6 Å². The number of nitrogens with zero attached hydrogens (tertiary/aromatic N) is 3. The lowest BCUT2D eigenvalue weighted by Crippen LogP contribution is -2.31. The van der Waals surface area contributed by atoms with E-state index in [1.54, 1.807) is 24.1 Å². The molecule has 0 radical (unpaired) electrons. The molecule has 6 heteroatoms. The molecule has 0 aliphatic carbocycles. The zero-order chi connectivity index (χ0) is 18.5. The van der Waals surface area contributed by atoms with Crippen LogP contribution in [0.15, 0.2) is 48.5 Å². The molecule has 3 rings (SSSR count). The van der Waals surface area contributed by atoms with Crippen LogP contribution in [0, 0.1) is 6.92 Å². The molecule has 1 aromatic heterocycles. The average Bonchev–Trinajstić information content (AvgIpc) is 3.15. The van der Waals surface area contributed by atoms with Crippen molar-refractivity contribution in [2.24, 2.45) is 0 Å². The summed E-state index contributed by atoms with van der Waals surface area (Å²) in [5, 5.41) is 10.0. The Balaban J connectivity index is 1.93. The molecule has 3 aromatic rings. The van der Waals surface area contributed by atoms with Gasteiger partial charge in [0, 0.05) is 17.7 Å². The van der Waals surface area contributed by atoms with Crippen LogP contribution in [0.25, 0.3) is 10.6 Å². The second kappa shape index (κ2) is 8.10. The first-order valence-corrected chi connectivity index (χ1v) is 9.31. The fraction of sp³-hybridized carbons (Fsp3) is 0.250. The van der Waals surface area contributed by atoms with Gasteiger partial charge >= 0.3 is 0 Å². The fourth-order valence-corrected chi connectivity index (χ4v) is 3.63. The van der Waals surface area contributed by atoms with E-state index in [4.69, 9.17) is 4.74 Å². The van der Waals surface area contributed by atoms with E-state index >= 15 is 0 Å². The number of rotatable bonds is 6. The zero-order valence-corrected chi connectivity index (χ0v) is 15.9. The molecule has 134 valence electrons. The van der Waals surface area contributed by atoms with Crippen LogP contribution in [0.5, 0.6) is 5.75 Å². The van der Waals surface area contributed by atoms with Crippen LogP contribution in [0.1, 0.15) is 29.3 Å². The van der Waals surface area contributed by atoms with Crippen LogP contribution >= 0.6 is 11.3 Å². The highest BCUT2D eigenvalue weighted by atomic mass is 32.1. The van der Waals surface area contributed by atoms with Gasteiger partial charge in [0.1, 0.15) is 10.8 Å². The highest BCUT2D eigenvalue weighted by Crippen LogP contribution is 2.31. The highest BCUT2D eigenvalue weighted by Gasteiger charge is 2.22. The van der Waals surface area contributed by atoms with Gasteiger partial charge in [-0.25, -0.2) is 0 Å². The number of hydrogen-bond donors (Lipinski definition) is 0. The topological polar surface area (TPSA) is 55.3 Å². The lowest BCUT2D eigenvalue weighted by Gasteiger charge is -2.18. The molecule has 0 aliphatic heterocycles. The molecule has 0 aliphatic rings. The first-order valence-electron chi connectivity index (χ1n) is 8.49. The molecule has 0 bridgehead atoms. The van der Waals surface area contributed by atoms with Crippen molar-refractivity contribution in [1.82, 2.24) is 10.2 Å². The minimum absolute atomic E-state index is 0.0989. The number of hydrogen-bond acceptors (Lipinski definition) is 5. The third-order valence-corrected chi connectivity index (χ3v) is 5.01. The van der Waals surface area contributed by atoms with Crippen LogP contribution < -0.4 is 9.64 Å². The smallest absolute Gasteiger partial charge is 0.260 e. The van der Waals surface area contributed by atoms with Gasteiger partial charge in [0.15, 0.2) is 0 Å². The minimum atomic E-state index is -0.0989. The maximum atomic E-state index is 13.0. The standard InChI is InChI=1S/C20H21N3O2S/c1-4-12-23(19(24)15-9-7-10-16(13-15)25-3)20-22-21-18(26-20)17-11-6-5-8-14(17)2/h5-11,13H,4,12H2,1-3H3. The Morgan fingerprint density at radius 1 is 1.15 bits per heavy atom. The molecule has 1 heterocycles. The lowest BCUT2D eigenvalue weighted by atomic mass is 10.1. The van der Waals surface area contributed by atoms with E-state index in [1.807, 2.05) is 50.2 Å². The molecular weight excluding hydrogens is 346 g/mol. The normalized spacial score (nSPS) is 10.6. The van der Waals surface area contributed by atoms with Gasteiger partial charge < -0.3 is 4.74 Å². The van der Waals surface area contributed by atoms with Gasteiger partial charge in [0.2, 0.25) is 5.13 Å². The summed E-state index contributed by atoms with van der Waals surface area (Å²) in [6.45, 7) is 4.66. The predicted molar refractivity (Wildman–Crippen MR) is 105 cm³/mol. The molecule has 0 unspecified atom stereocenters. The van der Waals surface area contributed by atoms with Gasteiger partial charge in [-0.2, -0.15) is 0 Å². The molecule has 2 aromatic carbocycles. The molecule has 0 atom stereocenters. The molecule has 26 heavy (non-hydrogen) atoms. The van der Waals surface area contributed by atoms with E-state index in [0.29, 0.717) is 23.0 Å². The summed E-state index contributed by atoms with van der Waals surface area (Å²) in [6, 6.07) is 15.2. The van der Waals surface area contributed by atoms with Crippen molar-refractivity contribution in [1.29, 1.82) is 0 Å². The Morgan fingerprint density at radius 3 is 2.69 bits per heavy atom. The second-order valence-corrected chi connectivity index (χ2v) is 6.85. The number of benzene rings is 2. The number of amides is 1. The summed E-state index contributed by atoms with van der Waals surface area (Å²) in [5.74, 6) is 0.559. The summed E-state index contributed by atoms with van der Waals surface area (Å²) < 4.78 is 5.23. The van der Waals surface area contributed by atoms with Gasteiger partial charge in [0.05, 0.1) is 7.11 Å². The molecular formula is C20H21N3O2S. The Hall–Kier alpha value is -2.73. The number of aryl methyl sites for hydroxylation is 1. The Morgan fingerprint density at radius 2 is 1.96 bits per heavy atom. The van der Waals surface area contributed by atoms with Crippen molar-refractivity contribution >= 4 is 22.4 Å². The maximum absolute atomic E-state index is 13.0. The van der Waals surface area contributed by atoms with E-state index in [2.05, 4.69) is 10.2 Å². The van der Waals surface area contributed by atoms with Crippen molar-refractivity contribution in [3.63, 3.8) is 0 Å². The van der Waals surface area contributed by atoms with Crippen molar-refractivity contribution in [3.8, 4) is 16.3 Å². The predicted octanol–water partition coefficient (Wildman–Crippen LogP) is 4.58. The SMILES string of the molecule is CCCN(C(=O)c1cccc(OC)c1)c1nnc(-c2ccccc2C)s1. The second-order valence-electron chi connectivity index (χ2n) is 5.89. The van der Waals surface area contributed by atoms with Crippen molar-refractivity contribution in [2.45, 2.75) is 20.3 Å². The first-order chi connectivity index (χ1) is 12.6. The van der Waals surface area contributed by atoms with Gasteiger partial charge in [-0.1, -0.05) is 48.6 Å². The summed E-state index contributed by atoms with van der Waals surface area (Å²) in [7, 11) is 1.59. The number of aromatic nitrogens is 2. The molecule has 0 N–H and O–H groups in total. The molecule has 0 spiro atoms. The largest absolute Gasteiger partial charge is 0.497 e. The van der Waals surface area contributed by atoms with Crippen LogP contribution in [-0.2, 0) is 0 Å². The van der Waals surface area contributed by atoms with Gasteiger partial charge in [-0.15, -0.1) is 10.2 Å². The van der Waals surface area contributed by atoms with Crippen LogP contribution in [0.4, 0.5) is 5.13 Å². The van der Waals surface area contributed by atoms with Crippen molar-refractivity contribution < 1.29 is 9.53 Å². The summed E-state index contributed by atoms with van der Waals surface area (Å²) in [6.07, 6.45) is 0.828. The molecule has 0 saturated carbocycles. The fourth-order valence-electron chi connectivity index (χ4n) is 2.67. The molecule has 5 nitrogen and oxygen atoms in total. The van der Waals surface area contributed by atoms with E-state index < -0.39 is 0 Å². The first kappa shape index (κ1) is 18.1. The number of carbonyl (C=O) groups excluding carboxylic acids is 1. The van der Waals surface area contributed by atoms with E-state index in [-0.39, 0.29) is 5.91 Å². The quantitative estimate of drug-likeness (QED) is 0.640. The highest BCUT2D eigenvalue weighted by molar-refractivity contribution is 7.18. The Bertz CT molecular complexity index is 907. The van der Waals surface area contributed by atoms with E-state index in [1.165, 1.54) is 11.3 Å². The molecule has 0 fully saturated rings. The molecule has 1 amide bonds. The monoisotopic (exact) mass is 367 g/mol.